The molecule has 0 aromatic carbocycles. The second kappa shape index (κ2) is 5.93. The Morgan fingerprint density at radius 3 is 2.12 bits per heavy atom. The number of nitrogens with one attached hydrogen (secondary N) is 1. The Balaban J connectivity index is 0.00000225. The van der Waals surface area contributed by atoms with Gasteiger partial charge < -0.3 is 10.6 Å². The van der Waals surface area contributed by atoms with E-state index in [1.54, 1.807) is 0 Å². The molecule has 1 heterocycles. The van der Waals surface area contributed by atoms with Crippen LogP contribution in [0.1, 0.15) is 40.5 Å². The minimum Gasteiger partial charge on any atom is -0.652 e. The number of alkyl halides is 1. The molecule has 3 nitrogen and oxygen atoms in total. The molecule has 0 saturated carbocycles. The van der Waals surface area contributed by atoms with Crippen LogP contribution in [-0.2, 0) is 24.6 Å². The van der Waals surface area contributed by atoms with Crippen molar-refractivity contribution in [3.63, 3.8) is 0 Å². The first-order chi connectivity index (χ1) is 6.74. The first kappa shape index (κ1) is 16.5. The van der Waals surface area contributed by atoms with Gasteiger partial charge in [-0.25, -0.2) is 0 Å². The van der Waals surface area contributed by atoms with Gasteiger partial charge >= 0.3 is 19.8 Å². The van der Waals surface area contributed by atoms with Gasteiger partial charge in [0.1, 0.15) is 0 Å². The third-order valence-electron chi connectivity index (χ3n) is 2.58. The monoisotopic (exact) mass is 467 g/mol. The van der Waals surface area contributed by atoms with E-state index in [0.717, 1.165) is 12.8 Å². The molecule has 1 N–H and O–H groups in total. The third-order valence-corrected chi connectivity index (χ3v) is 3.09. The number of nitrogens with zero attached hydrogens (tertiary/aromatic N) is 1. The topological polar surface area (TPSA) is 43.2 Å². The van der Waals surface area contributed by atoms with Gasteiger partial charge in [-0.1, -0.05) is 43.6 Å². The van der Waals surface area contributed by atoms with E-state index in [1.165, 1.54) is 0 Å². The summed E-state index contributed by atoms with van der Waals surface area (Å²) in [7, 11) is 0. The maximum absolute atomic E-state index is 11.3. The van der Waals surface area contributed by atoms with Gasteiger partial charge in [-0.3, -0.25) is 4.79 Å². The van der Waals surface area contributed by atoms with Crippen molar-refractivity contribution in [3.8, 4) is 0 Å². The van der Waals surface area contributed by atoms with E-state index in [9.17, 15) is 4.79 Å². The van der Waals surface area contributed by atoms with Crippen molar-refractivity contribution in [3.05, 3.63) is 5.32 Å². The van der Waals surface area contributed by atoms with E-state index < -0.39 is 0 Å². The molecule has 1 radical (unpaired) electrons. The molecular formula is C11H20BrN2OOs. The van der Waals surface area contributed by atoms with Crippen molar-refractivity contribution in [2.24, 2.45) is 0 Å². The maximum Gasteiger partial charge on any atom is 1.00 e. The van der Waals surface area contributed by atoms with Crippen LogP contribution in [0, 0.1) is 0 Å². The maximum atomic E-state index is 11.3. The quantitative estimate of drug-likeness (QED) is 0.625. The number of hydrogen-bond donors (Lipinski definition) is 1. The van der Waals surface area contributed by atoms with Crippen molar-refractivity contribution < 1.29 is 24.6 Å². The molecular weight excluding hydrogens is 446 g/mol. The first-order valence-electron chi connectivity index (χ1n) is 5.33. The minimum absolute atomic E-state index is 0. The number of hydrogen-bond acceptors (Lipinski definition) is 1. The standard InChI is InChI=1S/C11H20BrN2O.Os/c1-10(2)5-8(13-9(15)7-12)6-11(3,4)14-10;/h8H,5-7H2,1-4H3,(H,13,15);/q-1;+1. The fourth-order valence-electron chi connectivity index (χ4n) is 2.56. The summed E-state index contributed by atoms with van der Waals surface area (Å²) in [5, 5.41) is 8.18. The Morgan fingerprint density at radius 1 is 1.31 bits per heavy atom. The van der Waals surface area contributed by atoms with E-state index in [2.05, 4.69) is 48.9 Å². The largest absolute Gasteiger partial charge is 1.00 e. The summed E-state index contributed by atoms with van der Waals surface area (Å²) in [5.74, 6) is 0.0634. The van der Waals surface area contributed by atoms with Crippen LogP contribution >= 0.6 is 15.9 Å². The van der Waals surface area contributed by atoms with E-state index in [0.29, 0.717) is 5.33 Å². The molecule has 1 aliphatic rings. The Hall–Kier alpha value is 0.546. The van der Waals surface area contributed by atoms with Crippen molar-refractivity contribution in [2.45, 2.75) is 57.7 Å². The average molecular weight is 466 g/mol. The molecule has 0 aromatic heterocycles. The normalized spacial score (nSPS) is 23.3. The summed E-state index contributed by atoms with van der Waals surface area (Å²) in [6.45, 7) is 8.50. The molecule has 5 heteroatoms. The predicted molar refractivity (Wildman–Crippen MR) is 66.5 cm³/mol. The second-order valence-corrected chi connectivity index (χ2v) is 6.10. The van der Waals surface area contributed by atoms with Gasteiger partial charge in [0, 0.05) is 6.04 Å². The van der Waals surface area contributed by atoms with Gasteiger partial charge in [0.25, 0.3) is 0 Å². The number of rotatable bonds is 2. The summed E-state index contributed by atoms with van der Waals surface area (Å²) in [5.41, 5.74) is -0.0714. The Bertz CT molecular complexity index is 240. The van der Waals surface area contributed by atoms with Gasteiger partial charge in [0.2, 0.25) is 5.91 Å². The Labute approximate surface area is 120 Å². The summed E-state index contributed by atoms with van der Waals surface area (Å²) >= 11 is 3.16. The van der Waals surface area contributed by atoms with E-state index >= 15 is 0 Å². The van der Waals surface area contributed by atoms with Crippen LogP contribution in [0.2, 0.25) is 0 Å². The van der Waals surface area contributed by atoms with Crippen LogP contribution in [-0.4, -0.2) is 28.4 Å². The van der Waals surface area contributed by atoms with Crippen molar-refractivity contribution >= 4 is 21.8 Å². The Morgan fingerprint density at radius 2 is 1.75 bits per heavy atom. The fraction of sp³-hybridized carbons (Fsp3) is 0.909. The molecule has 1 rings (SSSR count). The molecule has 1 saturated heterocycles. The molecule has 1 amide bonds. The second-order valence-electron chi connectivity index (χ2n) is 5.54. The van der Waals surface area contributed by atoms with Crippen LogP contribution in [0.3, 0.4) is 0 Å². The molecule has 1 aliphatic heterocycles. The van der Waals surface area contributed by atoms with Gasteiger partial charge in [0.05, 0.1) is 5.33 Å². The molecule has 0 aliphatic carbocycles. The van der Waals surface area contributed by atoms with Crippen LogP contribution in [0.15, 0.2) is 0 Å². The van der Waals surface area contributed by atoms with Crippen LogP contribution < -0.4 is 5.32 Å². The predicted octanol–water partition coefficient (Wildman–Crippen LogP) is 2.59. The van der Waals surface area contributed by atoms with Crippen molar-refractivity contribution in [2.75, 3.05) is 5.33 Å². The summed E-state index contributed by atoms with van der Waals surface area (Å²) in [4.78, 5) is 11.3. The number of halogens is 1. The zero-order chi connectivity index (χ0) is 11.7. The SMILES string of the molecule is CC1(C)CC(NC(=O)CBr)CC(C)(C)[N-]1.[Os+]. The van der Waals surface area contributed by atoms with Crippen LogP contribution in [0.5, 0.6) is 0 Å². The molecule has 0 unspecified atom stereocenters. The summed E-state index contributed by atoms with van der Waals surface area (Å²) in [6.07, 6.45) is 1.85. The number of amides is 1. The average Bonchev–Trinajstić information content (AvgIpc) is 1.97. The van der Waals surface area contributed by atoms with Gasteiger partial charge in [-0.15, -0.1) is 11.1 Å². The smallest absolute Gasteiger partial charge is 0.652 e. The summed E-state index contributed by atoms with van der Waals surface area (Å²) < 4.78 is 0. The van der Waals surface area contributed by atoms with E-state index in [-0.39, 0.29) is 42.8 Å². The minimum atomic E-state index is -0.0357. The number of carbonyl (C=O) groups excluding carboxylic acids is 1. The fourth-order valence-corrected chi connectivity index (χ4v) is 2.72. The molecule has 0 atom stereocenters. The van der Waals surface area contributed by atoms with Gasteiger partial charge in [-0.05, 0) is 12.8 Å². The zero-order valence-corrected chi connectivity index (χ0v) is 14.4. The van der Waals surface area contributed by atoms with Gasteiger partial charge in [-0.2, -0.15) is 0 Å². The van der Waals surface area contributed by atoms with Crippen molar-refractivity contribution in [1.29, 1.82) is 0 Å². The van der Waals surface area contributed by atoms with E-state index in [4.69, 9.17) is 5.32 Å². The third kappa shape index (κ3) is 5.25. The van der Waals surface area contributed by atoms with Crippen LogP contribution in [0.25, 0.3) is 5.32 Å². The first-order valence-corrected chi connectivity index (χ1v) is 6.46. The van der Waals surface area contributed by atoms with Crippen molar-refractivity contribution in [1.82, 2.24) is 5.32 Å². The molecule has 1 fully saturated rings. The molecule has 16 heavy (non-hydrogen) atoms. The zero-order valence-electron chi connectivity index (χ0n) is 10.3. The summed E-state index contributed by atoms with van der Waals surface area (Å²) in [6, 6.07) is 0.248. The molecule has 0 bridgehead atoms. The van der Waals surface area contributed by atoms with Crippen LogP contribution in [0.4, 0.5) is 0 Å². The number of carbonyl (C=O) groups is 1. The number of piperidine rings is 1. The molecule has 0 aromatic rings. The molecule has 95 valence electrons. The Kier molecular flexibility index (Phi) is 6.14. The van der Waals surface area contributed by atoms with Gasteiger partial charge in [0.15, 0.2) is 0 Å². The molecule has 0 spiro atoms. The van der Waals surface area contributed by atoms with E-state index in [1.807, 2.05) is 0 Å².